The van der Waals surface area contributed by atoms with E-state index in [9.17, 15) is 5.11 Å². The van der Waals surface area contributed by atoms with Crippen LogP contribution < -0.4 is 5.32 Å². The van der Waals surface area contributed by atoms with Gasteiger partial charge in [0.1, 0.15) is 0 Å². The Kier molecular flexibility index (Phi) is 3.81. The van der Waals surface area contributed by atoms with Crippen molar-refractivity contribution in [3.05, 3.63) is 17.5 Å². The molecule has 2 N–H and O–H groups in total. The van der Waals surface area contributed by atoms with Gasteiger partial charge in [0.2, 0.25) is 0 Å². The number of aliphatic hydroxyl groups excluding tert-OH is 1. The van der Waals surface area contributed by atoms with E-state index in [2.05, 4.69) is 17.3 Å². The number of nitrogens with one attached hydrogen (secondary N) is 1. The predicted octanol–water partition coefficient (Wildman–Crippen LogP) is 0.360. The molecule has 1 fully saturated rings. The van der Waals surface area contributed by atoms with Gasteiger partial charge in [0.15, 0.2) is 0 Å². The van der Waals surface area contributed by atoms with Crippen molar-refractivity contribution in [2.24, 2.45) is 7.05 Å². The summed E-state index contributed by atoms with van der Waals surface area (Å²) in [5.74, 6) is 0. The Balaban J connectivity index is 1.98. The van der Waals surface area contributed by atoms with Crippen molar-refractivity contribution >= 4 is 0 Å². The molecule has 1 aliphatic heterocycles. The molecule has 0 aromatic carbocycles. The fourth-order valence-corrected chi connectivity index (χ4v) is 2.15. The van der Waals surface area contributed by atoms with E-state index in [1.54, 1.807) is 0 Å². The van der Waals surface area contributed by atoms with Gasteiger partial charge in [-0.2, -0.15) is 5.10 Å². The lowest BCUT2D eigenvalue weighted by Gasteiger charge is -2.36. The molecule has 96 valence electrons. The molecule has 0 amide bonds. The van der Waals surface area contributed by atoms with Crippen LogP contribution in [0.15, 0.2) is 6.20 Å². The summed E-state index contributed by atoms with van der Waals surface area (Å²) in [4.78, 5) is 0. The van der Waals surface area contributed by atoms with E-state index in [-0.39, 0.29) is 12.1 Å². The number of aliphatic hydroxyl groups is 1. The number of rotatable bonds is 4. The van der Waals surface area contributed by atoms with E-state index in [1.165, 1.54) is 5.56 Å². The lowest BCUT2D eigenvalue weighted by molar-refractivity contribution is 0.0111. The summed E-state index contributed by atoms with van der Waals surface area (Å²) in [5.41, 5.74) is 2.17. The summed E-state index contributed by atoms with van der Waals surface area (Å²) < 4.78 is 7.21. The van der Waals surface area contributed by atoms with E-state index in [1.807, 2.05) is 17.9 Å². The molecule has 2 rings (SSSR count). The predicted molar refractivity (Wildman–Crippen MR) is 64.7 cm³/mol. The SMILES string of the molecule is Cc1c(CNC2(CO)CCOCC2)cnn1C. The molecular formula is C12H21N3O2. The van der Waals surface area contributed by atoms with E-state index in [0.717, 1.165) is 38.3 Å². The highest BCUT2D eigenvalue weighted by molar-refractivity contribution is 5.16. The van der Waals surface area contributed by atoms with Gasteiger partial charge in [0.05, 0.1) is 12.8 Å². The molecule has 2 heterocycles. The topological polar surface area (TPSA) is 59.3 Å². The Labute approximate surface area is 102 Å². The normalized spacial score (nSPS) is 19.5. The van der Waals surface area contributed by atoms with Gasteiger partial charge in [-0.1, -0.05) is 0 Å². The third kappa shape index (κ3) is 2.68. The van der Waals surface area contributed by atoms with Crippen molar-refractivity contribution in [1.82, 2.24) is 15.1 Å². The van der Waals surface area contributed by atoms with Crippen LogP contribution in [0.5, 0.6) is 0 Å². The number of hydrogen-bond donors (Lipinski definition) is 2. The maximum absolute atomic E-state index is 9.56. The van der Waals surface area contributed by atoms with E-state index in [0.29, 0.717) is 0 Å². The van der Waals surface area contributed by atoms with E-state index >= 15 is 0 Å². The Hall–Kier alpha value is -0.910. The minimum absolute atomic E-state index is 0.162. The fraction of sp³-hybridized carbons (Fsp3) is 0.750. The molecule has 0 spiro atoms. The maximum Gasteiger partial charge on any atom is 0.0615 e. The second kappa shape index (κ2) is 5.16. The Morgan fingerprint density at radius 1 is 1.53 bits per heavy atom. The van der Waals surface area contributed by atoms with Gasteiger partial charge in [-0.3, -0.25) is 4.68 Å². The minimum atomic E-state index is -0.180. The first-order valence-electron chi connectivity index (χ1n) is 6.08. The number of nitrogens with zero attached hydrogens (tertiary/aromatic N) is 2. The summed E-state index contributed by atoms with van der Waals surface area (Å²) in [7, 11) is 1.94. The standard InChI is InChI=1S/C12H21N3O2/c1-10-11(8-14-15(10)2)7-13-12(9-16)3-5-17-6-4-12/h8,13,16H,3-7,9H2,1-2H3. The van der Waals surface area contributed by atoms with Crippen LogP contribution in [0.1, 0.15) is 24.1 Å². The first-order valence-corrected chi connectivity index (χ1v) is 6.08. The van der Waals surface area contributed by atoms with Crippen LogP contribution >= 0.6 is 0 Å². The van der Waals surface area contributed by atoms with Crippen LogP contribution in [0.25, 0.3) is 0 Å². The van der Waals surface area contributed by atoms with Crippen molar-refractivity contribution in [3.8, 4) is 0 Å². The van der Waals surface area contributed by atoms with Crippen molar-refractivity contribution in [2.75, 3.05) is 19.8 Å². The molecular weight excluding hydrogens is 218 g/mol. The summed E-state index contributed by atoms with van der Waals surface area (Å²) in [5, 5.41) is 17.2. The Morgan fingerprint density at radius 3 is 2.76 bits per heavy atom. The average Bonchev–Trinajstić information content (AvgIpc) is 2.69. The van der Waals surface area contributed by atoms with Crippen LogP contribution in [0.3, 0.4) is 0 Å². The monoisotopic (exact) mass is 239 g/mol. The fourth-order valence-electron chi connectivity index (χ4n) is 2.15. The molecule has 0 saturated carbocycles. The molecule has 5 heteroatoms. The number of aromatic nitrogens is 2. The highest BCUT2D eigenvalue weighted by Gasteiger charge is 2.31. The molecule has 0 radical (unpaired) electrons. The van der Waals surface area contributed by atoms with Gasteiger partial charge in [0, 0.05) is 43.6 Å². The lowest BCUT2D eigenvalue weighted by Crippen LogP contribution is -2.51. The molecule has 0 bridgehead atoms. The van der Waals surface area contributed by atoms with Crippen molar-refractivity contribution in [2.45, 2.75) is 31.8 Å². The summed E-state index contributed by atoms with van der Waals surface area (Å²) >= 11 is 0. The smallest absolute Gasteiger partial charge is 0.0615 e. The molecule has 1 aromatic rings. The number of ether oxygens (including phenoxy) is 1. The van der Waals surface area contributed by atoms with E-state index < -0.39 is 0 Å². The van der Waals surface area contributed by atoms with Crippen molar-refractivity contribution < 1.29 is 9.84 Å². The highest BCUT2D eigenvalue weighted by atomic mass is 16.5. The molecule has 0 unspecified atom stereocenters. The molecule has 5 nitrogen and oxygen atoms in total. The second-order valence-corrected chi connectivity index (χ2v) is 4.78. The van der Waals surface area contributed by atoms with Gasteiger partial charge >= 0.3 is 0 Å². The number of hydrogen-bond acceptors (Lipinski definition) is 4. The van der Waals surface area contributed by atoms with E-state index in [4.69, 9.17) is 4.74 Å². The van der Waals surface area contributed by atoms with Crippen LogP contribution in [0, 0.1) is 6.92 Å². The molecule has 1 aromatic heterocycles. The quantitative estimate of drug-likeness (QED) is 0.796. The van der Waals surface area contributed by atoms with Crippen LogP contribution in [0.2, 0.25) is 0 Å². The first-order chi connectivity index (χ1) is 8.17. The summed E-state index contributed by atoms with van der Waals surface area (Å²) in [6.07, 6.45) is 3.61. The Morgan fingerprint density at radius 2 is 2.24 bits per heavy atom. The van der Waals surface area contributed by atoms with Gasteiger partial charge < -0.3 is 15.2 Å². The summed E-state index contributed by atoms with van der Waals surface area (Å²) in [6.45, 7) is 4.41. The maximum atomic E-state index is 9.56. The molecule has 17 heavy (non-hydrogen) atoms. The molecule has 1 saturated heterocycles. The number of aryl methyl sites for hydroxylation is 1. The minimum Gasteiger partial charge on any atom is -0.394 e. The second-order valence-electron chi connectivity index (χ2n) is 4.78. The zero-order valence-corrected chi connectivity index (χ0v) is 10.6. The van der Waals surface area contributed by atoms with Gasteiger partial charge in [0.25, 0.3) is 0 Å². The highest BCUT2D eigenvalue weighted by Crippen LogP contribution is 2.21. The van der Waals surface area contributed by atoms with Crippen molar-refractivity contribution in [1.29, 1.82) is 0 Å². The lowest BCUT2D eigenvalue weighted by atomic mass is 9.91. The zero-order valence-electron chi connectivity index (χ0n) is 10.6. The van der Waals surface area contributed by atoms with Crippen LogP contribution in [0.4, 0.5) is 0 Å². The van der Waals surface area contributed by atoms with Gasteiger partial charge in [-0.15, -0.1) is 0 Å². The first kappa shape index (κ1) is 12.5. The zero-order chi connectivity index (χ0) is 12.3. The average molecular weight is 239 g/mol. The van der Waals surface area contributed by atoms with Crippen LogP contribution in [-0.2, 0) is 18.3 Å². The van der Waals surface area contributed by atoms with Gasteiger partial charge in [-0.25, -0.2) is 0 Å². The third-order valence-corrected chi connectivity index (χ3v) is 3.74. The Bertz CT molecular complexity index is 370. The third-order valence-electron chi connectivity index (χ3n) is 3.74. The molecule has 0 atom stereocenters. The molecule has 0 aliphatic carbocycles. The molecule has 1 aliphatic rings. The van der Waals surface area contributed by atoms with Crippen LogP contribution in [-0.4, -0.2) is 40.2 Å². The van der Waals surface area contributed by atoms with Gasteiger partial charge in [-0.05, 0) is 19.8 Å². The largest absolute Gasteiger partial charge is 0.394 e. The summed E-state index contributed by atoms with van der Waals surface area (Å²) in [6, 6.07) is 0. The van der Waals surface area contributed by atoms with Crippen molar-refractivity contribution in [3.63, 3.8) is 0 Å².